The van der Waals surface area contributed by atoms with Gasteiger partial charge in [-0.15, -0.1) is 11.8 Å². The number of benzene rings is 1. The molecule has 0 saturated heterocycles. The lowest BCUT2D eigenvalue weighted by Gasteiger charge is -2.08. The molecule has 0 aromatic heterocycles. The van der Waals surface area contributed by atoms with Crippen molar-refractivity contribution in [1.29, 1.82) is 0 Å². The van der Waals surface area contributed by atoms with Crippen LogP contribution >= 0.6 is 11.8 Å². The van der Waals surface area contributed by atoms with Gasteiger partial charge in [0.15, 0.2) is 0 Å². The zero-order chi connectivity index (χ0) is 14.8. The van der Waals surface area contributed by atoms with Gasteiger partial charge in [-0.3, -0.25) is 9.59 Å². The SMILES string of the molecule is CCCOC(=O)CCCC(=O)Oc1ccccc1SC. The number of esters is 2. The first-order valence-corrected chi connectivity index (χ1v) is 7.89. The largest absolute Gasteiger partial charge is 0.466 e. The average Bonchev–Trinajstić information content (AvgIpc) is 2.45. The summed E-state index contributed by atoms with van der Waals surface area (Å²) >= 11 is 1.52. The molecule has 0 bridgehead atoms. The van der Waals surface area contributed by atoms with Crippen molar-refractivity contribution < 1.29 is 19.1 Å². The first-order valence-electron chi connectivity index (χ1n) is 6.66. The summed E-state index contributed by atoms with van der Waals surface area (Å²) in [6, 6.07) is 7.38. The van der Waals surface area contributed by atoms with Crippen molar-refractivity contribution in [3.8, 4) is 5.75 Å². The molecule has 0 aliphatic heterocycles. The van der Waals surface area contributed by atoms with E-state index in [0.717, 1.165) is 11.3 Å². The van der Waals surface area contributed by atoms with Crippen molar-refractivity contribution in [2.45, 2.75) is 37.5 Å². The zero-order valence-corrected chi connectivity index (χ0v) is 12.7. The molecule has 1 aromatic carbocycles. The van der Waals surface area contributed by atoms with E-state index in [4.69, 9.17) is 9.47 Å². The number of hydrogen-bond donors (Lipinski definition) is 0. The highest BCUT2D eigenvalue weighted by molar-refractivity contribution is 7.98. The van der Waals surface area contributed by atoms with Gasteiger partial charge in [-0.1, -0.05) is 19.1 Å². The van der Waals surface area contributed by atoms with Crippen LogP contribution in [0.25, 0.3) is 0 Å². The Morgan fingerprint density at radius 1 is 1.15 bits per heavy atom. The minimum atomic E-state index is -0.324. The van der Waals surface area contributed by atoms with Crippen LogP contribution in [0.15, 0.2) is 29.2 Å². The molecule has 1 aromatic rings. The van der Waals surface area contributed by atoms with Crippen molar-refractivity contribution in [3.63, 3.8) is 0 Å². The molecule has 0 aliphatic rings. The minimum absolute atomic E-state index is 0.212. The molecule has 5 heteroatoms. The Morgan fingerprint density at radius 2 is 1.85 bits per heavy atom. The lowest BCUT2D eigenvalue weighted by molar-refractivity contribution is -0.144. The quantitative estimate of drug-likeness (QED) is 0.418. The Labute approximate surface area is 123 Å². The second kappa shape index (κ2) is 9.42. The lowest BCUT2D eigenvalue weighted by atomic mass is 10.2. The normalized spacial score (nSPS) is 10.1. The highest BCUT2D eigenvalue weighted by Crippen LogP contribution is 2.27. The van der Waals surface area contributed by atoms with Crippen molar-refractivity contribution in [2.24, 2.45) is 0 Å². The molecule has 4 nitrogen and oxygen atoms in total. The van der Waals surface area contributed by atoms with Crippen LogP contribution in [0.1, 0.15) is 32.6 Å². The average molecular weight is 296 g/mol. The Balaban J connectivity index is 2.31. The van der Waals surface area contributed by atoms with Gasteiger partial charge in [0.1, 0.15) is 5.75 Å². The van der Waals surface area contributed by atoms with E-state index in [1.807, 2.05) is 31.4 Å². The predicted octanol–water partition coefficient (Wildman–Crippen LogP) is 3.44. The molecule has 0 spiro atoms. The summed E-state index contributed by atoms with van der Waals surface area (Å²) in [5.41, 5.74) is 0. The molecule has 0 unspecified atom stereocenters. The highest BCUT2D eigenvalue weighted by Gasteiger charge is 2.10. The van der Waals surface area contributed by atoms with Crippen LogP contribution in [0, 0.1) is 0 Å². The van der Waals surface area contributed by atoms with Gasteiger partial charge in [0.05, 0.1) is 6.61 Å². The number of para-hydroxylation sites is 1. The van der Waals surface area contributed by atoms with Gasteiger partial charge in [-0.2, -0.15) is 0 Å². The topological polar surface area (TPSA) is 52.6 Å². The van der Waals surface area contributed by atoms with E-state index < -0.39 is 0 Å². The zero-order valence-electron chi connectivity index (χ0n) is 11.9. The second-order valence-electron chi connectivity index (χ2n) is 4.20. The molecule has 110 valence electrons. The van der Waals surface area contributed by atoms with Crippen LogP contribution in [-0.2, 0) is 14.3 Å². The van der Waals surface area contributed by atoms with E-state index in [2.05, 4.69) is 0 Å². The third-order valence-electron chi connectivity index (χ3n) is 2.52. The molecule has 20 heavy (non-hydrogen) atoms. The third-order valence-corrected chi connectivity index (χ3v) is 3.30. The number of carbonyl (C=O) groups is 2. The molecule has 0 saturated carbocycles. The molecule has 0 atom stereocenters. The van der Waals surface area contributed by atoms with Crippen LogP contribution in [-0.4, -0.2) is 24.8 Å². The summed E-state index contributed by atoms with van der Waals surface area (Å²) in [5.74, 6) is -0.0162. The maximum atomic E-state index is 11.7. The Morgan fingerprint density at radius 3 is 2.55 bits per heavy atom. The van der Waals surface area contributed by atoms with Crippen molar-refractivity contribution in [2.75, 3.05) is 12.9 Å². The molecule has 0 amide bonds. The van der Waals surface area contributed by atoms with Crippen molar-refractivity contribution in [3.05, 3.63) is 24.3 Å². The summed E-state index contributed by atoms with van der Waals surface area (Å²) in [6.07, 6.45) is 3.64. The number of rotatable bonds is 8. The monoisotopic (exact) mass is 296 g/mol. The Bertz CT molecular complexity index is 445. The number of carbonyl (C=O) groups excluding carboxylic acids is 2. The minimum Gasteiger partial charge on any atom is -0.466 e. The van der Waals surface area contributed by atoms with E-state index in [1.54, 1.807) is 6.07 Å². The number of hydrogen-bond acceptors (Lipinski definition) is 5. The van der Waals surface area contributed by atoms with Crippen LogP contribution < -0.4 is 4.74 Å². The summed E-state index contributed by atoms with van der Waals surface area (Å²) in [5, 5.41) is 0. The van der Waals surface area contributed by atoms with Crippen LogP contribution in [0.2, 0.25) is 0 Å². The molecule has 0 N–H and O–H groups in total. The van der Waals surface area contributed by atoms with E-state index >= 15 is 0 Å². The maximum Gasteiger partial charge on any atom is 0.311 e. The first kappa shape index (κ1) is 16.6. The summed E-state index contributed by atoms with van der Waals surface area (Å²) in [7, 11) is 0. The fourth-order valence-electron chi connectivity index (χ4n) is 1.54. The van der Waals surface area contributed by atoms with E-state index in [0.29, 0.717) is 18.8 Å². The Kier molecular flexibility index (Phi) is 7.80. The van der Waals surface area contributed by atoms with E-state index in [-0.39, 0.29) is 24.8 Å². The van der Waals surface area contributed by atoms with Gasteiger partial charge in [0.2, 0.25) is 0 Å². The maximum absolute atomic E-state index is 11.7. The van der Waals surface area contributed by atoms with Gasteiger partial charge in [0, 0.05) is 17.7 Å². The molecule has 0 radical (unpaired) electrons. The molecular formula is C15H20O4S. The fraction of sp³-hybridized carbons (Fsp3) is 0.467. The summed E-state index contributed by atoms with van der Waals surface area (Å²) in [6.45, 7) is 2.37. The first-order chi connectivity index (χ1) is 9.67. The molecule has 0 fully saturated rings. The van der Waals surface area contributed by atoms with Crippen LogP contribution in [0.5, 0.6) is 5.75 Å². The molecule has 0 heterocycles. The van der Waals surface area contributed by atoms with Gasteiger partial charge in [-0.25, -0.2) is 0 Å². The highest BCUT2D eigenvalue weighted by atomic mass is 32.2. The van der Waals surface area contributed by atoms with Crippen LogP contribution in [0.3, 0.4) is 0 Å². The number of ether oxygens (including phenoxy) is 2. The van der Waals surface area contributed by atoms with Gasteiger partial charge in [-0.05, 0) is 31.2 Å². The standard InChI is InChI=1S/C15H20O4S/c1-3-11-18-14(16)9-6-10-15(17)19-12-7-4-5-8-13(12)20-2/h4-5,7-8H,3,6,9-11H2,1-2H3. The number of thioether (sulfide) groups is 1. The second-order valence-corrected chi connectivity index (χ2v) is 5.05. The third kappa shape index (κ3) is 6.10. The van der Waals surface area contributed by atoms with E-state index in [9.17, 15) is 9.59 Å². The van der Waals surface area contributed by atoms with Crippen molar-refractivity contribution in [1.82, 2.24) is 0 Å². The van der Waals surface area contributed by atoms with Gasteiger partial charge < -0.3 is 9.47 Å². The molecule has 0 aliphatic carbocycles. The van der Waals surface area contributed by atoms with Crippen LogP contribution in [0.4, 0.5) is 0 Å². The molecular weight excluding hydrogens is 276 g/mol. The lowest BCUT2D eigenvalue weighted by Crippen LogP contribution is -2.10. The van der Waals surface area contributed by atoms with Gasteiger partial charge in [0.25, 0.3) is 0 Å². The van der Waals surface area contributed by atoms with Crippen molar-refractivity contribution >= 4 is 23.7 Å². The smallest absolute Gasteiger partial charge is 0.311 e. The van der Waals surface area contributed by atoms with E-state index in [1.165, 1.54) is 11.8 Å². The summed E-state index contributed by atoms with van der Waals surface area (Å²) in [4.78, 5) is 23.9. The predicted molar refractivity (Wildman–Crippen MR) is 79.0 cm³/mol. The molecule has 1 rings (SSSR count). The van der Waals surface area contributed by atoms with Gasteiger partial charge >= 0.3 is 11.9 Å². The fourth-order valence-corrected chi connectivity index (χ4v) is 2.07. The summed E-state index contributed by atoms with van der Waals surface area (Å²) < 4.78 is 10.2. The Hall–Kier alpha value is -1.49.